The minimum atomic E-state index is -1.47. The summed E-state index contributed by atoms with van der Waals surface area (Å²) in [5.41, 5.74) is -2.20. The van der Waals surface area contributed by atoms with Crippen molar-refractivity contribution >= 4 is 12.0 Å². The van der Waals surface area contributed by atoms with Crippen LogP contribution in [0.5, 0.6) is 0 Å². The molecule has 0 radical (unpaired) electrons. The Hall–Kier alpha value is -1.34. The number of nitrogens with one attached hydrogen (secondary N) is 1. The number of amides is 2. The second-order valence-electron chi connectivity index (χ2n) is 5.71. The maximum absolute atomic E-state index is 11.8. The van der Waals surface area contributed by atoms with Gasteiger partial charge in [0.05, 0.1) is 17.6 Å². The lowest BCUT2D eigenvalue weighted by atomic mass is 9.94. The normalized spacial score (nSPS) is 21.6. The molecule has 1 unspecified atom stereocenters. The maximum atomic E-state index is 11.8. The van der Waals surface area contributed by atoms with Crippen LogP contribution in [0.3, 0.4) is 0 Å². The number of hydrogen-bond donors (Lipinski definition) is 4. The molecule has 1 atom stereocenters. The van der Waals surface area contributed by atoms with Crippen molar-refractivity contribution < 1.29 is 24.9 Å². The molecule has 19 heavy (non-hydrogen) atoms. The van der Waals surface area contributed by atoms with Crippen molar-refractivity contribution in [2.24, 2.45) is 0 Å². The fourth-order valence-electron chi connectivity index (χ4n) is 1.96. The Bertz CT molecular complexity index is 344. The minimum Gasteiger partial charge on any atom is -0.481 e. The van der Waals surface area contributed by atoms with Crippen molar-refractivity contribution in [2.75, 3.05) is 19.6 Å². The number of hydrogen-bond acceptors (Lipinski definition) is 4. The third-order valence-electron chi connectivity index (χ3n) is 3.28. The summed E-state index contributed by atoms with van der Waals surface area (Å²) >= 11 is 0. The number of piperidine rings is 1. The number of aliphatic hydroxyl groups is 2. The monoisotopic (exact) mass is 274 g/mol. The number of likely N-dealkylation sites (tertiary alicyclic amines) is 1. The van der Waals surface area contributed by atoms with Crippen LogP contribution >= 0.6 is 0 Å². The second kappa shape index (κ2) is 5.75. The van der Waals surface area contributed by atoms with Crippen LogP contribution < -0.4 is 5.32 Å². The molecule has 1 rings (SSSR count). The van der Waals surface area contributed by atoms with Gasteiger partial charge in [-0.1, -0.05) is 0 Å². The molecule has 1 aliphatic rings. The molecular formula is C12H22N2O5. The molecule has 0 aromatic rings. The number of carbonyl (C=O) groups is 2. The first kappa shape index (κ1) is 15.7. The van der Waals surface area contributed by atoms with Gasteiger partial charge >= 0.3 is 12.0 Å². The zero-order chi connectivity index (χ0) is 14.7. The first-order valence-electron chi connectivity index (χ1n) is 6.31. The van der Waals surface area contributed by atoms with Gasteiger partial charge < -0.3 is 25.5 Å². The smallest absolute Gasteiger partial charge is 0.317 e. The highest BCUT2D eigenvalue weighted by Crippen LogP contribution is 2.21. The molecule has 110 valence electrons. The fraction of sp³-hybridized carbons (Fsp3) is 0.833. The molecule has 0 bridgehead atoms. The third-order valence-corrected chi connectivity index (χ3v) is 3.28. The van der Waals surface area contributed by atoms with E-state index in [9.17, 15) is 19.8 Å². The van der Waals surface area contributed by atoms with E-state index in [4.69, 9.17) is 5.11 Å². The molecule has 0 aliphatic carbocycles. The summed E-state index contributed by atoms with van der Waals surface area (Å²) in [6, 6.07) is -0.346. The molecule has 1 saturated heterocycles. The van der Waals surface area contributed by atoms with Crippen molar-refractivity contribution in [2.45, 2.75) is 44.3 Å². The number of urea groups is 1. The summed E-state index contributed by atoms with van der Waals surface area (Å²) in [7, 11) is 0. The van der Waals surface area contributed by atoms with E-state index in [-0.39, 0.29) is 12.6 Å². The Morgan fingerprint density at radius 2 is 1.89 bits per heavy atom. The SMILES string of the molecule is CC1(O)CCN(C(=O)NCC(C)(O)CC(=O)O)CC1. The Morgan fingerprint density at radius 1 is 1.37 bits per heavy atom. The van der Waals surface area contributed by atoms with Crippen LogP contribution in [0.1, 0.15) is 33.1 Å². The van der Waals surface area contributed by atoms with Gasteiger partial charge in [-0.3, -0.25) is 4.79 Å². The standard InChI is InChI=1S/C12H22N2O5/c1-11(18)3-5-14(6-4-11)10(17)13-8-12(2,19)7-9(15)16/h18-19H,3-8H2,1-2H3,(H,13,17)(H,15,16). The lowest BCUT2D eigenvalue weighted by Crippen LogP contribution is -2.51. The van der Waals surface area contributed by atoms with Gasteiger partial charge in [-0.05, 0) is 26.7 Å². The van der Waals surface area contributed by atoms with Crippen molar-refractivity contribution in [3.8, 4) is 0 Å². The van der Waals surface area contributed by atoms with E-state index in [1.54, 1.807) is 11.8 Å². The van der Waals surface area contributed by atoms with Crippen LogP contribution in [0, 0.1) is 0 Å². The van der Waals surface area contributed by atoms with Gasteiger partial charge in [0.15, 0.2) is 0 Å². The molecule has 7 nitrogen and oxygen atoms in total. The van der Waals surface area contributed by atoms with Crippen molar-refractivity contribution in [3.05, 3.63) is 0 Å². The summed E-state index contributed by atoms with van der Waals surface area (Å²) in [6.07, 6.45) is 0.583. The van der Waals surface area contributed by atoms with E-state index < -0.39 is 23.6 Å². The van der Waals surface area contributed by atoms with Crippen LogP contribution in [0.25, 0.3) is 0 Å². The largest absolute Gasteiger partial charge is 0.481 e. The van der Waals surface area contributed by atoms with Gasteiger partial charge in [0.2, 0.25) is 0 Å². The van der Waals surface area contributed by atoms with E-state index in [1.807, 2.05) is 0 Å². The zero-order valence-electron chi connectivity index (χ0n) is 11.3. The van der Waals surface area contributed by atoms with Gasteiger partial charge in [-0.2, -0.15) is 0 Å². The highest BCUT2D eigenvalue weighted by atomic mass is 16.4. The average molecular weight is 274 g/mol. The molecule has 2 amide bonds. The van der Waals surface area contributed by atoms with Gasteiger partial charge in [0, 0.05) is 19.6 Å². The topological polar surface area (TPSA) is 110 Å². The predicted octanol–water partition coefficient (Wildman–Crippen LogP) is -0.231. The van der Waals surface area contributed by atoms with Gasteiger partial charge in [0.25, 0.3) is 0 Å². The maximum Gasteiger partial charge on any atom is 0.317 e. The van der Waals surface area contributed by atoms with Crippen LogP contribution in [0.15, 0.2) is 0 Å². The first-order chi connectivity index (χ1) is 8.61. The van der Waals surface area contributed by atoms with E-state index >= 15 is 0 Å². The van der Waals surface area contributed by atoms with E-state index in [0.717, 1.165) is 0 Å². The number of nitrogens with zero attached hydrogens (tertiary/aromatic N) is 1. The van der Waals surface area contributed by atoms with E-state index in [2.05, 4.69) is 5.32 Å². The number of carbonyl (C=O) groups excluding carboxylic acids is 1. The van der Waals surface area contributed by atoms with Gasteiger partial charge in [-0.15, -0.1) is 0 Å². The van der Waals surface area contributed by atoms with Crippen LogP contribution in [0.4, 0.5) is 4.79 Å². The molecule has 0 saturated carbocycles. The Balaban J connectivity index is 2.38. The third kappa shape index (κ3) is 5.44. The number of carboxylic acids is 1. The highest BCUT2D eigenvalue weighted by Gasteiger charge is 2.31. The minimum absolute atomic E-state index is 0.120. The molecule has 0 aromatic heterocycles. The Morgan fingerprint density at radius 3 is 2.37 bits per heavy atom. The Labute approximate surface area is 112 Å². The Kier molecular flexibility index (Phi) is 4.75. The summed E-state index contributed by atoms with van der Waals surface area (Å²) in [6.45, 7) is 3.87. The molecular weight excluding hydrogens is 252 g/mol. The highest BCUT2D eigenvalue weighted by molar-refractivity contribution is 5.74. The first-order valence-corrected chi connectivity index (χ1v) is 6.31. The van der Waals surface area contributed by atoms with Crippen LogP contribution in [-0.2, 0) is 4.79 Å². The lowest BCUT2D eigenvalue weighted by molar-refractivity contribution is -0.141. The predicted molar refractivity (Wildman–Crippen MR) is 67.7 cm³/mol. The summed E-state index contributed by atoms with van der Waals surface area (Å²) in [4.78, 5) is 23.9. The van der Waals surface area contributed by atoms with Crippen LogP contribution in [0.2, 0.25) is 0 Å². The average Bonchev–Trinajstić information content (AvgIpc) is 2.24. The molecule has 1 heterocycles. The molecule has 1 aliphatic heterocycles. The van der Waals surface area contributed by atoms with Crippen molar-refractivity contribution in [1.29, 1.82) is 0 Å². The van der Waals surface area contributed by atoms with E-state index in [1.165, 1.54) is 6.92 Å². The summed E-state index contributed by atoms with van der Waals surface area (Å²) < 4.78 is 0. The summed E-state index contributed by atoms with van der Waals surface area (Å²) in [5, 5.41) is 30.7. The fourth-order valence-corrected chi connectivity index (χ4v) is 1.96. The van der Waals surface area contributed by atoms with E-state index in [0.29, 0.717) is 25.9 Å². The summed E-state index contributed by atoms with van der Waals surface area (Å²) in [5.74, 6) is -1.12. The van der Waals surface area contributed by atoms with Gasteiger partial charge in [-0.25, -0.2) is 4.79 Å². The number of rotatable bonds is 4. The van der Waals surface area contributed by atoms with Crippen molar-refractivity contribution in [1.82, 2.24) is 10.2 Å². The second-order valence-corrected chi connectivity index (χ2v) is 5.71. The number of aliphatic carboxylic acids is 1. The lowest BCUT2D eigenvalue weighted by Gasteiger charge is -2.36. The van der Waals surface area contributed by atoms with Crippen LogP contribution in [-0.4, -0.2) is 63.1 Å². The molecule has 0 spiro atoms. The molecule has 7 heteroatoms. The molecule has 0 aromatic carbocycles. The molecule has 4 N–H and O–H groups in total. The quantitative estimate of drug-likeness (QED) is 0.566. The zero-order valence-corrected chi connectivity index (χ0v) is 11.3. The number of carboxylic acid groups (broad SMARTS) is 1. The van der Waals surface area contributed by atoms with Gasteiger partial charge in [0.1, 0.15) is 0 Å². The molecule has 1 fully saturated rings. The van der Waals surface area contributed by atoms with Crippen molar-refractivity contribution in [3.63, 3.8) is 0 Å².